The highest BCUT2D eigenvalue weighted by Gasteiger charge is 2.35. The van der Waals surface area contributed by atoms with Crippen LogP contribution in [0.4, 0.5) is 0 Å². The molecular formula is C8H13NO3. The van der Waals surface area contributed by atoms with Crippen LogP contribution in [0.3, 0.4) is 0 Å². The summed E-state index contributed by atoms with van der Waals surface area (Å²) in [7, 11) is 3.14. The molecule has 1 saturated heterocycles. The van der Waals surface area contributed by atoms with E-state index in [9.17, 15) is 9.59 Å². The van der Waals surface area contributed by atoms with Gasteiger partial charge in [-0.25, -0.2) is 0 Å². The molecule has 4 heteroatoms. The van der Waals surface area contributed by atoms with E-state index in [0.29, 0.717) is 6.42 Å². The Balaban J connectivity index is 2.59. The summed E-state index contributed by atoms with van der Waals surface area (Å²) in [6.45, 7) is 0. The van der Waals surface area contributed by atoms with Crippen molar-refractivity contribution in [1.29, 1.82) is 0 Å². The molecule has 1 rings (SSSR count). The minimum atomic E-state index is -0.248. The third kappa shape index (κ3) is 1.48. The highest BCUT2D eigenvalue weighted by atomic mass is 16.5. The summed E-state index contributed by atoms with van der Waals surface area (Å²) in [6, 6.07) is -0.348. The zero-order valence-corrected chi connectivity index (χ0v) is 7.32. The number of carbonyl (C=O) groups is 2. The van der Waals surface area contributed by atoms with Crippen molar-refractivity contribution in [3.8, 4) is 0 Å². The lowest BCUT2D eigenvalue weighted by Crippen LogP contribution is -2.38. The number of hydrogen-bond donors (Lipinski definition) is 0. The summed E-state index contributed by atoms with van der Waals surface area (Å²) >= 11 is 0. The van der Waals surface area contributed by atoms with E-state index in [1.807, 2.05) is 0 Å². The third-order valence-electron chi connectivity index (χ3n) is 2.38. The first-order chi connectivity index (χ1) is 5.70. The molecule has 0 unspecified atom stereocenters. The average molecular weight is 171 g/mol. The van der Waals surface area contributed by atoms with E-state index in [1.54, 1.807) is 11.9 Å². The Morgan fingerprint density at radius 2 is 2.25 bits per heavy atom. The van der Waals surface area contributed by atoms with Crippen LogP contribution in [-0.2, 0) is 14.3 Å². The summed E-state index contributed by atoms with van der Waals surface area (Å²) in [5, 5.41) is 0. The molecule has 1 heterocycles. The van der Waals surface area contributed by atoms with E-state index in [1.165, 1.54) is 7.11 Å². The summed E-state index contributed by atoms with van der Waals surface area (Å²) in [6.07, 6.45) is 2.34. The number of methoxy groups -OCH3 is 1. The SMILES string of the molecule is COC(=O)[C@@H]1CC[C@@H](C=O)N1C. The highest BCUT2D eigenvalue weighted by molar-refractivity contribution is 5.77. The van der Waals surface area contributed by atoms with Crippen LogP contribution in [0.2, 0.25) is 0 Å². The van der Waals surface area contributed by atoms with Crippen LogP contribution in [-0.4, -0.2) is 43.4 Å². The maximum atomic E-state index is 11.1. The van der Waals surface area contributed by atoms with Gasteiger partial charge in [-0.15, -0.1) is 0 Å². The number of nitrogens with zero attached hydrogens (tertiary/aromatic N) is 1. The number of likely N-dealkylation sites (tertiary alicyclic amines) is 1. The van der Waals surface area contributed by atoms with Crippen molar-refractivity contribution >= 4 is 12.3 Å². The van der Waals surface area contributed by atoms with Crippen molar-refractivity contribution in [3.63, 3.8) is 0 Å². The van der Waals surface area contributed by atoms with Crippen molar-refractivity contribution in [2.24, 2.45) is 0 Å². The van der Waals surface area contributed by atoms with Crippen LogP contribution >= 0.6 is 0 Å². The fraction of sp³-hybridized carbons (Fsp3) is 0.750. The first-order valence-electron chi connectivity index (χ1n) is 3.95. The van der Waals surface area contributed by atoms with Crippen LogP contribution in [0.5, 0.6) is 0 Å². The molecule has 1 fully saturated rings. The molecule has 0 aliphatic carbocycles. The Labute approximate surface area is 71.5 Å². The lowest BCUT2D eigenvalue weighted by atomic mass is 10.2. The second-order valence-corrected chi connectivity index (χ2v) is 2.99. The van der Waals surface area contributed by atoms with Gasteiger partial charge in [-0.05, 0) is 19.9 Å². The van der Waals surface area contributed by atoms with E-state index in [-0.39, 0.29) is 18.1 Å². The van der Waals surface area contributed by atoms with Crippen LogP contribution in [0.25, 0.3) is 0 Å². The Morgan fingerprint density at radius 1 is 1.58 bits per heavy atom. The first kappa shape index (κ1) is 9.19. The minimum absolute atomic E-state index is 0.117. The number of hydrogen-bond acceptors (Lipinski definition) is 4. The molecule has 0 aromatic heterocycles. The second kappa shape index (κ2) is 3.67. The van der Waals surface area contributed by atoms with Crippen LogP contribution in [0.15, 0.2) is 0 Å². The monoisotopic (exact) mass is 171 g/mol. The van der Waals surface area contributed by atoms with Gasteiger partial charge in [0.05, 0.1) is 13.2 Å². The smallest absolute Gasteiger partial charge is 0.323 e. The molecule has 0 saturated carbocycles. The maximum absolute atomic E-state index is 11.1. The van der Waals surface area contributed by atoms with E-state index in [2.05, 4.69) is 4.74 Å². The van der Waals surface area contributed by atoms with Crippen molar-refractivity contribution in [2.45, 2.75) is 24.9 Å². The summed E-state index contributed by atoms with van der Waals surface area (Å²) < 4.78 is 4.60. The Bertz CT molecular complexity index is 193. The summed E-state index contributed by atoms with van der Waals surface area (Å²) in [4.78, 5) is 23.3. The summed E-state index contributed by atoms with van der Waals surface area (Å²) in [5.41, 5.74) is 0. The number of aldehydes is 1. The molecule has 0 aromatic rings. The van der Waals surface area contributed by atoms with Gasteiger partial charge in [0, 0.05) is 0 Å². The third-order valence-corrected chi connectivity index (χ3v) is 2.38. The van der Waals surface area contributed by atoms with Crippen LogP contribution in [0.1, 0.15) is 12.8 Å². The number of rotatable bonds is 2. The zero-order valence-electron chi connectivity index (χ0n) is 7.32. The standard InChI is InChI=1S/C8H13NO3/c1-9-6(5-10)3-4-7(9)8(11)12-2/h5-7H,3-4H2,1-2H3/t6-,7-/m0/s1. The van der Waals surface area contributed by atoms with Gasteiger partial charge in [-0.2, -0.15) is 0 Å². The van der Waals surface area contributed by atoms with Crippen molar-refractivity contribution in [2.75, 3.05) is 14.2 Å². The molecule has 4 nitrogen and oxygen atoms in total. The van der Waals surface area contributed by atoms with Crippen molar-refractivity contribution < 1.29 is 14.3 Å². The molecule has 0 amide bonds. The van der Waals surface area contributed by atoms with E-state index in [4.69, 9.17) is 0 Å². The van der Waals surface area contributed by atoms with Crippen molar-refractivity contribution in [1.82, 2.24) is 4.90 Å². The summed E-state index contributed by atoms with van der Waals surface area (Å²) in [5.74, 6) is -0.248. The molecule has 0 aromatic carbocycles. The Kier molecular flexibility index (Phi) is 2.81. The average Bonchev–Trinajstić information content (AvgIpc) is 2.45. The minimum Gasteiger partial charge on any atom is -0.468 e. The normalized spacial score (nSPS) is 30.2. The fourth-order valence-electron chi connectivity index (χ4n) is 1.55. The topological polar surface area (TPSA) is 46.6 Å². The molecule has 0 spiro atoms. The predicted octanol–water partition coefficient (Wildman–Crippen LogP) is -0.179. The number of carbonyl (C=O) groups excluding carboxylic acids is 2. The van der Waals surface area contributed by atoms with E-state index >= 15 is 0 Å². The molecule has 2 atom stereocenters. The van der Waals surface area contributed by atoms with Crippen molar-refractivity contribution in [3.05, 3.63) is 0 Å². The molecular weight excluding hydrogens is 158 g/mol. The van der Waals surface area contributed by atoms with Gasteiger partial charge in [0.15, 0.2) is 0 Å². The lowest BCUT2D eigenvalue weighted by molar-refractivity contribution is -0.145. The molecule has 0 bridgehead atoms. The van der Waals surface area contributed by atoms with Gasteiger partial charge in [0.2, 0.25) is 0 Å². The largest absolute Gasteiger partial charge is 0.468 e. The maximum Gasteiger partial charge on any atom is 0.323 e. The highest BCUT2D eigenvalue weighted by Crippen LogP contribution is 2.21. The fourth-order valence-corrected chi connectivity index (χ4v) is 1.55. The number of ether oxygens (including phenoxy) is 1. The lowest BCUT2D eigenvalue weighted by Gasteiger charge is -2.19. The van der Waals surface area contributed by atoms with Gasteiger partial charge in [0.1, 0.15) is 12.3 Å². The molecule has 1 aliphatic heterocycles. The second-order valence-electron chi connectivity index (χ2n) is 2.99. The Morgan fingerprint density at radius 3 is 2.67 bits per heavy atom. The molecule has 0 N–H and O–H groups in total. The van der Waals surface area contributed by atoms with Crippen LogP contribution in [0, 0.1) is 0 Å². The predicted molar refractivity (Wildman–Crippen MR) is 42.7 cm³/mol. The quantitative estimate of drug-likeness (QED) is 0.427. The van der Waals surface area contributed by atoms with Gasteiger partial charge in [0.25, 0.3) is 0 Å². The zero-order chi connectivity index (χ0) is 9.14. The molecule has 68 valence electrons. The first-order valence-corrected chi connectivity index (χ1v) is 3.95. The van der Waals surface area contributed by atoms with Gasteiger partial charge in [-0.3, -0.25) is 9.69 Å². The van der Waals surface area contributed by atoms with Gasteiger partial charge < -0.3 is 9.53 Å². The number of esters is 1. The van der Waals surface area contributed by atoms with Gasteiger partial charge >= 0.3 is 5.97 Å². The van der Waals surface area contributed by atoms with Gasteiger partial charge in [-0.1, -0.05) is 0 Å². The molecule has 0 radical (unpaired) electrons. The molecule has 1 aliphatic rings. The Hall–Kier alpha value is -0.900. The molecule has 12 heavy (non-hydrogen) atoms. The van der Waals surface area contributed by atoms with Crippen LogP contribution < -0.4 is 0 Å². The number of likely N-dealkylation sites (N-methyl/N-ethyl adjacent to an activating group) is 1. The van der Waals surface area contributed by atoms with E-state index in [0.717, 1.165) is 12.7 Å². The van der Waals surface area contributed by atoms with E-state index < -0.39 is 0 Å².